The van der Waals surface area contributed by atoms with E-state index in [-0.39, 0.29) is 0 Å². The summed E-state index contributed by atoms with van der Waals surface area (Å²) in [7, 11) is 0. The Morgan fingerprint density at radius 1 is 0.950 bits per heavy atom. The van der Waals surface area contributed by atoms with E-state index < -0.39 is 0 Å². The van der Waals surface area contributed by atoms with Crippen LogP contribution in [0.2, 0.25) is 0 Å². The molecule has 0 aliphatic rings. The zero-order valence-corrected chi connectivity index (χ0v) is 13.0. The first-order valence-electron chi connectivity index (χ1n) is 7.44. The van der Waals surface area contributed by atoms with Gasteiger partial charge in [0.25, 0.3) is 0 Å². The van der Waals surface area contributed by atoms with Crippen LogP contribution in [0.3, 0.4) is 0 Å². The molecule has 0 aliphatic carbocycles. The van der Waals surface area contributed by atoms with Crippen molar-refractivity contribution in [3.05, 3.63) is 64.7 Å². The minimum Gasteiger partial charge on any atom is -0.385 e. The molecule has 0 bridgehead atoms. The van der Waals surface area contributed by atoms with Crippen molar-refractivity contribution in [1.82, 2.24) is 0 Å². The van der Waals surface area contributed by atoms with Gasteiger partial charge in [0.15, 0.2) is 0 Å². The maximum Gasteiger partial charge on any atom is 0.0399 e. The Kier molecular flexibility index (Phi) is 4.84. The lowest BCUT2D eigenvalue weighted by molar-refractivity contribution is 0.705. The van der Waals surface area contributed by atoms with E-state index in [4.69, 9.17) is 0 Å². The summed E-state index contributed by atoms with van der Waals surface area (Å²) in [4.78, 5) is 0. The molecule has 0 aromatic heterocycles. The monoisotopic (exact) mass is 267 g/mol. The summed E-state index contributed by atoms with van der Waals surface area (Å²) >= 11 is 0. The highest BCUT2D eigenvalue weighted by molar-refractivity contribution is 5.58. The SMILES string of the molecule is Cc1cc(C)c(NCCC(C)c2ccccc2)c(C)c1. The second-order valence-corrected chi connectivity index (χ2v) is 5.80. The second-order valence-electron chi connectivity index (χ2n) is 5.80. The third kappa shape index (κ3) is 3.63. The number of hydrogen-bond acceptors (Lipinski definition) is 1. The van der Waals surface area contributed by atoms with Crippen LogP contribution in [0, 0.1) is 20.8 Å². The van der Waals surface area contributed by atoms with E-state index >= 15 is 0 Å². The van der Waals surface area contributed by atoms with Gasteiger partial charge in [-0.3, -0.25) is 0 Å². The summed E-state index contributed by atoms with van der Waals surface area (Å²) in [6, 6.07) is 15.2. The third-order valence-corrected chi connectivity index (χ3v) is 3.92. The maximum atomic E-state index is 3.61. The van der Waals surface area contributed by atoms with E-state index in [0.717, 1.165) is 13.0 Å². The van der Waals surface area contributed by atoms with Gasteiger partial charge in [0, 0.05) is 12.2 Å². The Morgan fingerprint density at radius 2 is 1.55 bits per heavy atom. The maximum absolute atomic E-state index is 3.61. The van der Waals surface area contributed by atoms with Gasteiger partial charge in [0.2, 0.25) is 0 Å². The molecule has 0 radical (unpaired) electrons. The lowest BCUT2D eigenvalue weighted by atomic mass is 9.97. The van der Waals surface area contributed by atoms with Crippen LogP contribution in [0.25, 0.3) is 0 Å². The van der Waals surface area contributed by atoms with Crippen LogP contribution < -0.4 is 5.32 Å². The van der Waals surface area contributed by atoms with Crippen molar-refractivity contribution in [2.45, 2.75) is 40.0 Å². The average molecular weight is 267 g/mol. The van der Waals surface area contributed by atoms with Gasteiger partial charge < -0.3 is 5.32 Å². The van der Waals surface area contributed by atoms with E-state index in [1.54, 1.807) is 0 Å². The molecule has 0 heterocycles. The van der Waals surface area contributed by atoms with Crippen LogP contribution in [0.4, 0.5) is 5.69 Å². The molecular weight excluding hydrogens is 242 g/mol. The quantitative estimate of drug-likeness (QED) is 0.783. The van der Waals surface area contributed by atoms with Gasteiger partial charge >= 0.3 is 0 Å². The number of nitrogens with one attached hydrogen (secondary N) is 1. The molecule has 1 N–H and O–H groups in total. The van der Waals surface area contributed by atoms with Crippen molar-refractivity contribution in [2.75, 3.05) is 11.9 Å². The van der Waals surface area contributed by atoms with Gasteiger partial charge in [0.05, 0.1) is 0 Å². The summed E-state index contributed by atoms with van der Waals surface area (Å²) in [5.74, 6) is 0.592. The molecule has 1 atom stereocenters. The lowest BCUT2D eigenvalue weighted by Crippen LogP contribution is -2.08. The van der Waals surface area contributed by atoms with Crippen molar-refractivity contribution in [3.63, 3.8) is 0 Å². The summed E-state index contributed by atoms with van der Waals surface area (Å²) < 4.78 is 0. The van der Waals surface area contributed by atoms with E-state index in [1.165, 1.54) is 27.9 Å². The Labute approximate surface area is 123 Å². The molecule has 2 rings (SSSR count). The molecule has 2 aromatic carbocycles. The third-order valence-electron chi connectivity index (χ3n) is 3.92. The molecule has 0 fully saturated rings. The minimum absolute atomic E-state index is 0.592. The van der Waals surface area contributed by atoms with Crippen LogP contribution in [0.5, 0.6) is 0 Å². The van der Waals surface area contributed by atoms with Gasteiger partial charge in [-0.15, -0.1) is 0 Å². The number of anilines is 1. The molecule has 1 nitrogen and oxygen atoms in total. The predicted molar refractivity (Wildman–Crippen MR) is 88.6 cm³/mol. The largest absolute Gasteiger partial charge is 0.385 e. The summed E-state index contributed by atoms with van der Waals surface area (Å²) in [5.41, 5.74) is 6.75. The Hall–Kier alpha value is -1.76. The number of hydrogen-bond donors (Lipinski definition) is 1. The first kappa shape index (κ1) is 14.6. The standard InChI is InChI=1S/C19H25N/c1-14-12-16(3)19(17(4)13-14)20-11-10-15(2)18-8-6-5-7-9-18/h5-9,12-13,15,20H,10-11H2,1-4H3. The van der Waals surface area contributed by atoms with Crippen molar-refractivity contribution < 1.29 is 0 Å². The highest BCUT2D eigenvalue weighted by atomic mass is 14.9. The average Bonchev–Trinajstić information content (AvgIpc) is 2.42. The van der Waals surface area contributed by atoms with Crippen LogP contribution in [0.15, 0.2) is 42.5 Å². The van der Waals surface area contributed by atoms with E-state index in [2.05, 4.69) is 75.5 Å². The highest BCUT2D eigenvalue weighted by Crippen LogP contribution is 2.23. The van der Waals surface area contributed by atoms with E-state index in [9.17, 15) is 0 Å². The molecule has 2 aromatic rings. The smallest absolute Gasteiger partial charge is 0.0399 e. The summed E-state index contributed by atoms with van der Waals surface area (Å²) in [6.07, 6.45) is 1.15. The van der Waals surface area contributed by atoms with Gasteiger partial charge in [-0.25, -0.2) is 0 Å². The fraction of sp³-hybridized carbons (Fsp3) is 0.368. The van der Waals surface area contributed by atoms with Crippen LogP contribution in [-0.4, -0.2) is 6.54 Å². The molecule has 0 spiro atoms. The van der Waals surface area contributed by atoms with Crippen molar-refractivity contribution in [1.29, 1.82) is 0 Å². The van der Waals surface area contributed by atoms with E-state index in [1.807, 2.05) is 0 Å². The predicted octanol–water partition coefficient (Wildman–Crippen LogP) is 5.22. The van der Waals surface area contributed by atoms with Gasteiger partial charge in [-0.05, 0) is 49.8 Å². The summed E-state index contributed by atoms with van der Waals surface area (Å²) in [5, 5.41) is 3.61. The second kappa shape index (κ2) is 6.60. The normalized spacial score (nSPS) is 12.2. The molecular formula is C19H25N. The zero-order chi connectivity index (χ0) is 14.5. The van der Waals surface area contributed by atoms with E-state index in [0.29, 0.717) is 5.92 Å². The molecule has 106 valence electrons. The van der Waals surface area contributed by atoms with Crippen molar-refractivity contribution in [2.24, 2.45) is 0 Å². The Balaban J connectivity index is 1.94. The van der Waals surface area contributed by atoms with Crippen molar-refractivity contribution in [3.8, 4) is 0 Å². The van der Waals surface area contributed by atoms with Gasteiger partial charge in [-0.1, -0.05) is 55.0 Å². The van der Waals surface area contributed by atoms with Crippen LogP contribution in [-0.2, 0) is 0 Å². The molecule has 0 amide bonds. The minimum atomic E-state index is 0.592. The van der Waals surface area contributed by atoms with Crippen LogP contribution >= 0.6 is 0 Å². The molecule has 1 heteroatoms. The topological polar surface area (TPSA) is 12.0 Å². The lowest BCUT2D eigenvalue weighted by Gasteiger charge is -2.16. The van der Waals surface area contributed by atoms with Gasteiger partial charge in [0.1, 0.15) is 0 Å². The fourth-order valence-corrected chi connectivity index (χ4v) is 2.82. The Morgan fingerprint density at radius 3 is 2.15 bits per heavy atom. The first-order valence-corrected chi connectivity index (χ1v) is 7.44. The van der Waals surface area contributed by atoms with Crippen molar-refractivity contribution >= 4 is 5.69 Å². The zero-order valence-electron chi connectivity index (χ0n) is 13.0. The first-order chi connectivity index (χ1) is 9.58. The fourth-order valence-electron chi connectivity index (χ4n) is 2.82. The molecule has 0 saturated carbocycles. The number of benzene rings is 2. The number of aryl methyl sites for hydroxylation is 3. The molecule has 1 unspecified atom stereocenters. The molecule has 20 heavy (non-hydrogen) atoms. The highest BCUT2D eigenvalue weighted by Gasteiger charge is 2.06. The molecule has 0 saturated heterocycles. The Bertz CT molecular complexity index is 534. The summed E-state index contributed by atoms with van der Waals surface area (Å²) in [6.45, 7) is 9.83. The van der Waals surface area contributed by atoms with Gasteiger partial charge in [-0.2, -0.15) is 0 Å². The molecule has 0 aliphatic heterocycles. The van der Waals surface area contributed by atoms with Crippen LogP contribution in [0.1, 0.15) is 41.5 Å². The number of rotatable bonds is 5.